The van der Waals surface area contributed by atoms with Crippen LogP contribution in [0.25, 0.3) is 0 Å². The molecule has 0 amide bonds. The Morgan fingerprint density at radius 1 is 1.15 bits per heavy atom. The Balaban J connectivity index is 3.45. The first-order valence-corrected chi connectivity index (χ1v) is 6.84. The second-order valence-corrected chi connectivity index (χ2v) is 5.93. The molecule has 0 fully saturated rings. The molecule has 0 heterocycles. The molecule has 80 valence electrons. The summed E-state index contributed by atoms with van der Waals surface area (Å²) in [6.45, 7) is 0.717. The molecule has 0 aromatic carbocycles. The number of hydrogen-bond donors (Lipinski definition) is 0. The molecule has 0 rings (SSSR count). The standard InChI is InChI=1S/C7H17O4PS/c1-9-4-6-13-7-5-12(8,10-2)11-3/h4-7H2,1-3H3. The second kappa shape index (κ2) is 7.83. The minimum atomic E-state index is -2.79. The predicted octanol–water partition coefficient (Wildman–Crippen LogP) is 1.85. The van der Waals surface area contributed by atoms with Crippen LogP contribution in [-0.4, -0.2) is 45.6 Å². The van der Waals surface area contributed by atoms with E-state index in [0.717, 1.165) is 18.1 Å². The van der Waals surface area contributed by atoms with Gasteiger partial charge in [-0.2, -0.15) is 11.8 Å². The van der Waals surface area contributed by atoms with Crippen LogP contribution < -0.4 is 0 Å². The molecule has 0 aromatic heterocycles. The maximum Gasteiger partial charge on any atom is 0.330 e. The van der Waals surface area contributed by atoms with E-state index < -0.39 is 7.60 Å². The van der Waals surface area contributed by atoms with Gasteiger partial charge in [0.25, 0.3) is 0 Å². The van der Waals surface area contributed by atoms with Gasteiger partial charge in [-0.15, -0.1) is 0 Å². The summed E-state index contributed by atoms with van der Waals surface area (Å²) in [5.74, 6) is 1.67. The van der Waals surface area contributed by atoms with Crippen molar-refractivity contribution in [2.24, 2.45) is 0 Å². The monoisotopic (exact) mass is 228 g/mol. The van der Waals surface area contributed by atoms with Crippen molar-refractivity contribution < 1.29 is 18.3 Å². The quantitative estimate of drug-likeness (QED) is 0.468. The van der Waals surface area contributed by atoms with E-state index >= 15 is 0 Å². The van der Waals surface area contributed by atoms with E-state index in [9.17, 15) is 4.57 Å². The van der Waals surface area contributed by atoms with Crippen molar-refractivity contribution in [2.45, 2.75) is 0 Å². The molecule has 0 N–H and O–H groups in total. The van der Waals surface area contributed by atoms with E-state index in [0.29, 0.717) is 6.16 Å². The van der Waals surface area contributed by atoms with Gasteiger partial charge in [0.2, 0.25) is 0 Å². The van der Waals surface area contributed by atoms with Crippen LogP contribution in [0.4, 0.5) is 0 Å². The van der Waals surface area contributed by atoms with Crippen LogP contribution in [-0.2, 0) is 18.3 Å². The van der Waals surface area contributed by atoms with Crippen molar-refractivity contribution in [3.05, 3.63) is 0 Å². The van der Waals surface area contributed by atoms with E-state index in [1.165, 1.54) is 14.2 Å². The zero-order valence-corrected chi connectivity index (χ0v) is 10.0. The van der Waals surface area contributed by atoms with E-state index in [-0.39, 0.29) is 0 Å². The lowest BCUT2D eigenvalue weighted by molar-refractivity contribution is 0.218. The first kappa shape index (κ1) is 13.5. The smallest absolute Gasteiger partial charge is 0.330 e. The third-order valence-electron chi connectivity index (χ3n) is 1.50. The molecule has 0 aliphatic heterocycles. The Morgan fingerprint density at radius 2 is 1.77 bits per heavy atom. The number of methoxy groups -OCH3 is 1. The van der Waals surface area contributed by atoms with Gasteiger partial charge in [-0.05, 0) is 0 Å². The fourth-order valence-electron chi connectivity index (χ4n) is 0.678. The summed E-state index contributed by atoms with van der Waals surface area (Å²) in [5.41, 5.74) is 0. The summed E-state index contributed by atoms with van der Waals surface area (Å²) in [4.78, 5) is 0. The van der Waals surface area contributed by atoms with Gasteiger partial charge < -0.3 is 13.8 Å². The maximum absolute atomic E-state index is 11.5. The van der Waals surface area contributed by atoms with E-state index in [1.54, 1.807) is 18.9 Å². The lowest BCUT2D eigenvalue weighted by atomic mass is 10.9. The van der Waals surface area contributed by atoms with Crippen molar-refractivity contribution >= 4 is 19.4 Å². The molecule has 0 atom stereocenters. The average molecular weight is 228 g/mol. The Morgan fingerprint density at radius 3 is 2.23 bits per heavy atom. The van der Waals surface area contributed by atoms with Crippen LogP contribution in [0.3, 0.4) is 0 Å². The lowest BCUT2D eigenvalue weighted by Gasteiger charge is -2.12. The van der Waals surface area contributed by atoms with Gasteiger partial charge in [0, 0.05) is 32.8 Å². The highest BCUT2D eigenvalue weighted by Crippen LogP contribution is 2.46. The van der Waals surface area contributed by atoms with Gasteiger partial charge in [-0.3, -0.25) is 4.57 Å². The lowest BCUT2D eigenvalue weighted by Crippen LogP contribution is -1.99. The summed E-state index contributed by atoms with van der Waals surface area (Å²) in [6.07, 6.45) is 0.453. The molecular weight excluding hydrogens is 211 g/mol. The number of ether oxygens (including phenoxy) is 1. The van der Waals surface area contributed by atoms with Crippen LogP contribution in [0.5, 0.6) is 0 Å². The van der Waals surface area contributed by atoms with Crippen molar-refractivity contribution in [3.63, 3.8) is 0 Å². The van der Waals surface area contributed by atoms with Gasteiger partial charge in [0.1, 0.15) is 0 Å². The molecule has 13 heavy (non-hydrogen) atoms. The molecule has 0 aliphatic rings. The van der Waals surface area contributed by atoms with Crippen LogP contribution >= 0.6 is 19.4 Å². The summed E-state index contributed by atoms with van der Waals surface area (Å²) >= 11 is 1.68. The molecule has 0 spiro atoms. The van der Waals surface area contributed by atoms with Crippen LogP contribution in [0.2, 0.25) is 0 Å². The van der Waals surface area contributed by atoms with Gasteiger partial charge in [-0.1, -0.05) is 0 Å². The first-order valence-electron chi connectivity index (χ1n) is 3.95. The van der Waals surface area contributed by atoms with Crippen molar-refractivity contribution in [1.29, 1.82) is 0 Å². The van der Waals surface area contributed by atoms with Gasteiger partial charge in [-0.25, -0.2) is 0 Å². The normalized spacial score (nSPS) is 11.9. The molecule has 0 aromatic rings. The van der Waals surface area contributed by atoms with Crippen LogP contribution in [0.1, 0.15) is 0 Å². The topological polar surface area (TPSA) is 44.8 Å². The average Bonchev–Trinajstić information content (AvgIpc) is 2.17. The molecule has 0 unspecified atom stereocenters. The summed E-state index contributed by atoms with van der Waals surface area (Å²) in [7, 11) is 1.68. The molecule has 4 nitrogen and oxygen atoms in total. The zero-order chi connectivity index (χ0) is 10.2. The Hall–Kier alpha value is 0.460. The predicted molar refractivity (Wildman–Crippen MR) is 55.7 cm³/mol. The number of hydrogen-bond acceptors (Lipinski definition) is 5. The summed E-state index contributed by atoms with van der Waals surface area (Å²) < 4.78 is 25.9. The highest BCUT2D eigenvalue weighted by Gasteiger charge is 2.19. The third-order valence-corrected chi connectivity index (χ3v) is 4.63. The highest BCUT2D eigenvalue weighted by molar-refractivity contribution is 7.99. The third kappa shape index (κ3) is 6.52. The van der Waals surface area contributed by atoms with E-state index in [4.69, 9.17) is 13.8 Å². The van der Waals surface area contributed by atoms with Gasteiger partial charge in [0.15, 0.2) is 0 Å². The van der Waals surface area contributed by atoms with Gasteiger partial charge in [0.05, 0.1) is 12.8 Å². The fourth-order valence-corrected chi connectivity index (χ4v) is 3.09. The number of rotatable bonds is 8. The van der Waals surface area contributed by atoms with Crippen molar-refractivity contribution in [2.75, 3.05) is 45.6 Å². The van der Waals surface area contributed by atoms with E-state index in [1.807, 2.05) is 0 Å². The fraction of sp³-hybridized carbons (Fsp3) is 1.00. The largest absolute Gasteiger partial charge is 0.384 e. The molecule has 6 heteroatoms. The van der Waals surface area contributed by atoms with E-state index in [2.05, 4.69) is 0 Å². The second-order valence-electron chi connectivity index (χ2n) is 2.30. The minimum Gasteiger partial charge on any atom is -0.384 e. The van der Waals surface area contributed by atoms with Crippen molar-refractivity contribution in [3.8, 4) is 0 Å². The molecule has 0 bridgehead atoms. The van der Waals surface area contributed by atoms with Gasteiger partial charge >= 0.3 is 7.60 Å². The highest BCUT2D eigenvalue weighted by atomic mass is 32.2. The first-order chi connectivity index (χ1) is 6.18. The minimum absolute atomic E-state index is 0.453. The van der Waals surface area contributed by atoms with Crippen LogP contribution in [0.15, 0.2) is 0 Å². The maximum atomic E-state index is 11.5. The Labute approximate surface area is 83.9 Å². The molecule has 0 saturated heterocycles. The molecule has 0 saturated carbocycles. The summed E-state index contributed by atoms with van der Waals surface area (Å²) in [5, 5.41) is 0. The Kier molecular flexibility index (Phi) is 8.10. The summed E-state index contributed by atoms with van der Waals surface area (Å²) in [6, 6.07) is 0. The molecule has 0 radical (unpaired) electrons. The van der Waals surface area contributed by atoms with Crippen LogP contribution in [0, 0.1) is 0 Å². The van der Waals surface area contributed by atoms with Crippen molar-refractivity contribution in [1.82, 2.24) is 0 Å². The molecule has 0 aliphatic carbocycles. The SMILES string of the molecule is COCCSCCP(=O)(OC)OC. The zero-order valence-electron chi connectivity index (χ0n) is 8.32. The molecular formula is C7H17O4PS. The number of thioether (sulfide) groups is 1. The Bertz CT molecular complexity index is 157.